The molecule has 3 aromatic rings. The van der Waals surface area contributed by atoms with Crippen LogP contribution in [0.5, 0.6) is 0 Å². The summed E-state index contributed by atoms with van der Waals surface area (Å²) in [6, 6.07) is 13.7. The Hall–Kier alpha value is -3.12. The zero-order valence-electron chi connectivity index (χ0n) is 16.8. The van der Waals surface area contributed by atoms with Crippen LogP contribution in [0.2, 0.25) is 0 Å². The lowest BCUT2D eigenvalue weighted by Crippen LogP contribution is -2.20. The maximum absolute atomic E-state index is 12.7. The van der Waals surface area contributed by atoms with Crippen molar-refractivity contribution < 1.29 is 15.0 Å². The Kier molecular flexibility index (Phi) is 6.34. The standard InChI is InChI=1S/C23H26N2O4/c1-3-10-24(2)20-7-5-4-6-17(20)13-16-8-9-21-18(14-16)22(27)19(23(28)29)15-25(21)11-12-26/h4-9,14-15,26H,3,10-13H2,1-2H3,(H,28,29). The van der Waals surface area contributed by atoms with Gasteiger partial charge in [0.2, 0.25) is 5.43 Å². The molecule has 152 valence electrons. The lowest BCUT2D eigenvalue weighted by atomic mass is 10.00. The minimum atomic E-state index is -1.26. The number of rotatable bonds is 8. The highest BCUT2D eigenvalue weighted by Gasteiger charge is 2.15. The molecule has 29 heavy (non-hydrogen) atoms. The SMILES string of the molecule is CCCN(C)c1ccccc1Cc1ccc2c(c1)c(=O)c(C(=O)O)cn2CCO. The molecule has 1 aromatic heterocycles. The average Bonchev–Trinajstić information content (AvgIpc) is 2.70. The van der Waals surface area contributed by atoms with Crippen LogP contribution < -0.4 is 10.3 Å². The van der Waals surface area contributed by atoms with E-state index in [0.29, 0.717) is 17.3 Å². The topological polar surface area (TPSA) is 82.8 Å². The van der Waals surface area contributed by atoms with Gasteiger partial charge in [0, 0.05) is 37.4 Å². The van der Waals surface area contributed by atoms with Crippen molar-refractivity contribution in [3.63, 3.8) is 0 Å². The predicted molar refractivity (Wildman–Crippen MR) is 115 cm³/mol. The van der Waals surface area contributed by atoms with Gasteiger partial charge in [-0.25, -0.2) is 4.79 Å². The number of carbonyl (C=O) groups is 1. The summed E-state index contributed by atoms with van der Waals surface area (Å²) < 4.78 is 1.62. The largest absolute Gasteiger partial charge is 0.477 e. The molecule has 0 aliphatic heterocycles. The summed E-state index contributed by atoms with van der Waals surface area (Å²) in [5.41, 5.74) is 3.06. The van der Waals surface area contributed by atoms with Crippen LogP contribution in [-0.4, -0.2) is 40.9 Å². The number of hydrogen-bond acceptors (Lipinski definition) is 4. The van der Waals surface area contributed by atoms with E-state index in [-0.39, 0.29) is 18.7 Å². The van der Waals surface area contributed by atoms with Crippen molar-refractivity contribution in [3.8, 4) is 0 Å². The van der Waals surface area contributed by atoms with Crippen LogP contribution in [0.4, 0.5) is 5.69 Å². The summed E-state index contributed by atoms with van der Waals surface area (Å²) in [5.74, 6) is -1.26. The summed E-state index contributed by atoms with van der Waals surface area (Å²) in [6.07, 6.45) is 2.98. The molecule has 1 heterocycles. The van der Waals surface area contributed by atoms with Gasteiger partial charge in [0.15, 0.2) is 0 Å². The Morgan fingerprint density at radius 1 is 1.17 bits per heavy atom. The van der Waals surface area contributed by atoms with E-state index in [0.717, 1.165) is 29.8 Å². The smallest absolute Gasteiger partial charge is 0.341 e. The first-order chi connectivity index (χ1) is 14.0. The normalized spacial score (nSPS) is 11.0. The van der Waals surface area contributed by atoms with Crippen LogP contribution in [0, 0.1) is 0 Å². The van der Waals surface area contributed by atoms with Crippen molar-refractivity contribution in [2.75, 3.05) is 25.1 Å². The molecule has 0 unspecified atom stereocenters. The summed E-state index contributed by atoms with van der Waals surface area (Å²) >= 11 is 0. The Morgan fingerprint density at radius 3 is 2.62 bits per heavy atom. The highest BCUT2D eigenvalue weighted by atomic mass is 16.4. The van der Waals surface area contributed by atoms with E-state index in [2.05, 4.69) is 31.0 Å². The quantitative estimate of drug-likeness (QED) is 0.613. The Morgan fingerprint density at radius 2 is 1.93 bits per heavy atom. The van der Waals surface area contributed by atoms with Crippen LogP contribution in [0.3, 0.4) is 0 Å². The molecule has 6 nitrogen and oxygen atoms in total. The molecule has 0 aliphatic carbocycles. The molecular formula is C23H26N2O4. The third-order valence-electron chi connectivity index (χ3n) is 5.07. The first kappa shape index (κ1) is 20.6. The molecule has 0 atom stereocenters. The highest BCUT2D eigenvalue weighted by molar-refractivity contribution is 5.92. The fraction of sp³-hybridized carbons (Fsp3) is 0.304. The summed E-state index contributed by atoms with van der Waals surface area (Å²) in [7, 11) is 2.06. The molecule has 0 fully saturated rings. The molecule has 6 heteroatoms. The monoisotopic (exact) mass is 394 g/mol. The molecule has 0 saturated carbocycles. The lowest BCUT2D eigenvalue weighted by molar-refractivity contribution is 0.0694. The van der Waals surface area contributed by atoms with Crippen molar-refractivity contribution >= 4 is 22.6 Å². The van der Waals surface area contributed by atoms with Gasteiger partial charge in [0.05, 0.1) is 12.1 Å². The van der Waals surface area contributed by atoms with Gasteiger partial charge in [-0.15, -0.1) is 0 Å². The second-order valence-electron chi connectivity index (χ2n) is 7.17. The van der Waals surface area contributed by atoms with E-state index in [9.17, 15) is 19.8 Å². The van der Waals surface area contributed by atoms with E-state index in [1.165, 1.54) is 6.20 Å². The number of carboxylic acid groups (broad SMARTS) is 1. The number of fused-ring (bicyclic) bond motifs is 1. The van der Waals surface area contributed by atoms with Crippen LogP contribution in [0.25, 0.3) is 10.9 Å². The van der Waals surface area contributed by atoms with Crippen molar-refractivity contribution in [3.05, 3.63) is 75.6 Å². The van der Waals surface area contributed by atoms with Crippen molar-refractivity contribution in [1.29, 1.82) is 0 Å². The van der Waals surface area contributed by atoms with E-state index >= 15 is 0 Å². The number of anilines is 1. The van der Waals surface area contributed by atoms with Gasteiger partial charge in [-0.05, 0) is 42.2 Å². The molecule has 2 aromatic carbocycles. The lowest BCUT2D eigenvalue weighted by Gasteiger charge is -2.22. The highest BCUT2D eigenvalue weighted by Crippen LogP contribution is 2.24. The average molecular weight is 394 g/mol. The number of aliphatic hydroxyl groups excluding tert-OH is 1. The van der Waals surface area contributed by atoms with Crippen LogP contribution in [-0.2, 0) is 13.0 Å². The van der Waals surface area contributed by atoms with Gasteiger partial charge in [-0.3, -0.25) is 4.79 Å². The number of aromatic carboxylic acids is 1. The number of para-hydroxylation sites is 1. The van der Waals surface area contributed by atoms with E-state index < -0.39 is 11.4 Å². The van der Waals surface area contributed by atoms with Crippen LogP contribution in [0.15, 0.2) is 53.5 Å². The fourth-order valence-corrected chi connectivity index (χ4v) is 3.71. The third-order valence-corrected chi connectivity index (χ3v) is 5.07. The number of aliphatic hydroxyl groups is 1. The van der Waals surface area contributed by atoms with E-state index in [1.807, 2.05) is 24.3 Å². The summed E-state index contributed by atoms with van der Waals surface area (Å²) in [6.45, 7) is 3.17. The van der Waals surface area contributed by atoms with Gasteiger partial charge in [-0.1, -0.05) is 31.2 Å². The molecular weight excluding hydrogens is 368 g/mol. The van der Waals surface area contributed by atoms with Crippen molar-refractivity contribution in [1.82, 2.24) is 4.57 Å². The number of pyridine rings is 1. The maximum atomic E-state index is 12.7. The molecule has 0 amide bonds. The molecule has 0 spiro atoms. The molecule has 0 radical (unpaired) electrons. The number of carboxylic acids is 1. The van der Waals surface area contributed by atoms with Crippen LogP contribution >= 0.6 is 0 Å². The minimum absolute atomic E-state index is 0.143. The molecule has 0 aliphatic rings. The predicted octanol–water partition coefficient (Wildman–Crippen LogP) is 3.13. The van der Waals surface area contributed by atoms with E-state index in [4.69, 9.17) is 0 Å². The first-order valence-electron chi connectivity index (χ1n) is 9.75. The maximum Gasteiger partial charge on any atom is 0.341 e. The van der Waals surface area contributed by atoms with Crippen molar-refractivity contribution in [2.45, 2.75) is 26.3 Å². The molecule has 3 rings (SSSR count). The van der Waals surface area contributed by atoms with Gasteiger partial charge in [-0.2, -0.15) is 0 Å². The molecule has 0 bridgehead atoms. The Balaban J connectivity index is 2.08. The second kappa shape index (κ2) is 8.92. The van der Waals surface area contributed by atoms with Gasteiger partial charge >= 0.3 is 5.97 Å². The number of benzene rings is 2. The fourth-order valence-electron chi connectivity index (χ4n) is 3.71. The Labute approximate surface area is 169 Å². The molecule has 2 N–H and O–H groups in total. The zero-order chi connectivity index (χ0) is 21.0. The third kappa shape index (κ3) is 4.32. The minimum Gasteiger partial charge on any atom is -0.477 e. The number of aromatic nitrogens is 1. The van der Waals surface area contributed by atoms with E-state index in [1.54, 1.807) is 10.6 Å². The summed E-state index contributed by atoms with van der Waals surface area (Å²) in [4.78, 5) is 26.4. The first-order valence-corrected chi connectivity index (χ1v) is 9.75. The van der Waals surface area contributed by atoms with Gasteiger partial charge < -0.3 is 19.7 Å². The van der Waals surface area contributed by atoms with Crippen molar-refractivity contribution in [2.24, 2.45) is 0 Å². The van der Waals surface area contributed by atoms with Gasteiger partial charge in [0.1, 0.15) is 5.56 Å². The van der Waals surface area contributed by atoms with Crippen LogP contribution in [0.1, 0.15) is 34.8 Å². The Bertz CT molecular complexity index is 1090. The zero-order valence-corrected chi connectivity index (χ0v) is 16.8. The molecule has 0 saturated heterocycles. The second-order valence-corrected chi connectivity index (χ2v) is 7.17. The van der Waals surface area contributed by atoms with Gasteiger partial charge in [0.25, 0.3) is 0 Å². The number of hydrogen-bond donors (Lipinski definition) is 2. The summed E-state index contributed by atoms with van der Waals surface area (Å²) in [5, 5.41) is 19.0. The number of nitrogens with zero attached hydrogens (tertiary/aromatic N) is 2.